The number of aromatic nitrogens is 1. The molecule has 2 nitrogen and oxygen atoms in total. The van der Waals surface area contributed by atoms with Crippen LogP contribution in [0.2, 0.25) is 0 Å². The van der Waals surface area contributed by atoms with Crippen LogP contribution in [0.5, 0.6) is 0 Å². The quantitative estimate of drug-likeness (QED) is 0.700. The zero-order valence-electron chi connectivity index (χ0n) is 12.5. The summed E-state index contributed by atoms with van der Waals surface area (Å²) in [6.07, 6.45) is 0. The topological polar surface area (TPSA) is 19.0 Å². The number of hydrogen-bond acceptors (Lipinski definition) is 2. The number of thioether (sulfide) groups is 1. The van der Waals surface area contributed by atoms with Gasteiger partial charge in [-0.05, 0) is 25.7 Å². The maximum atomic E-state index is 3.58. The van der Waals surface area contributed by atoms with Crippen molar-refractivity contribution in [3.05, 3.63) is 54.6 Å². The second kappa shape index (κ2) is 6.37. The zero-order chi connectivity index (χ0) is 14.7. The van der Waals surface area contributed by atoms with Gasteiger partial charge in [-0.2, -0.15) is 0 Å². The van der Waals surface area contributed by atoms with E-state index in [-0.39, 0.29) is 0 Å². The predicted molar refractivity (Wildman–Crippen MR) is 93.0 cm³/mol. The molecule has 3 aromatic rings. The van der Waals surface area contributed by atoms with E-state index in [9.17, 15) is 0 Å². The third kappa shape index (κ3) is 3.14. The van der Waals surface area contributed by atoms with Gasteiger partial charge >= 0.3 is 0 Å². The number of para-hydroxylation sites is 1. The third-order valence-corrected chi connectivity index (χ3v) is 4.61. The lowest BCUT2D eigenvalue weighted by atomic mass is 10.1. The van der Waals surface area contributed by atoms with Crippen LogP contribution < -0.4 is 0 Å². The molecule has 0 bridgehead atoms. The Morgan fingerprint density at radius 3 is 2.43 bits per heavy atom. The Morgan fingerprint density at radius 1 is 0.952 bits per heavy atom. The molecule has 0 radical (unpaired) electrons. The number of hydrogen-bond donors (Lipinski definition) is 1. The van der Waals surface area contributed by atoms with Gasteiger partial charge < -0.3 is 9.88 Å². The highest BCUT2D eigenvalue weighted by Crippen LogP contribution is 2.37. The van der Waals surface area contributed by atoms with E-state index in [0.717, 1.165) is 12.3 Å². The van der Waals surface area contributed by atoms with Crippen molar-refractivity contribution in [2.45, 2.75) is 4.90 Å². The summed E-state index contributed by atoms with van der Waals surface area (Å²) in [5.41, 5.74) is 3.70. The molecule has 0 spiro atoms. The Balaban J connectivity index is 2.02. The van der Waals surface area contributed by atoms with Gasteiger partial charge in [-0.1, -0.05) is 48.5 Å². The molecule has 2 aromatic carbocycles. The van der Waals surface area contributed by atoms with E-state index < -0.39 is 0 Å². The largest absolute Gasteiger partial charge is 0.354 e. The molecule has 3 heteroatoms. The van der Waals surface area contributed by atoms with E-state index in [1.165, 1.54) is 27.1 Å². The van der Waals surface area contributed by atoms with E-state index in [0.29, 0.717) is 0 Å². The maximum absolute atomic E-state index is 3.58. The lowest BCUT2D eigenvalue weighted by molar-refractivity contribution is 0.437. The normalized spacial score (nSPS) is 11.4. The van der Waals surface area contributed by atoms with E-state index in [1.807, 2.05) is 11.8 Å². The first-order valence-corrected chi connectivity index (χ1v) is 8.18. The van der Waals surface area contributed by atoms with Gasteiger partial charge in [-0.25, -0.2) is 0 Å². The lowest BCUT2D eigenvalue weighted by Gasteiger charge is -2.09. The van der Waals surface area contributed by atoms with Crippen LogP contribution in [0.3, 0.4) is 0 Å². The number of benzene rings is 2. The highest BCUT2D eigenvalue weighted by Gasteiger charge is 2.13. The van der Waals surface area contributed by atoms with Crippen molar-refractivity contribution in [1.82, 2.24) is 9.88 Å². The highest BCUT2D eigenvalue weighted by atomic mass is 32.2. The molecule has 0 aliphatic rings. The maximum Gasteiger partial charge on any atom is 0.0603 e. The van der Waals surface area contributed by atoms with Gasteiger partial charge in [0.15, 0.2) is 0 Å². The first kappa shape index (κ1) is 14.2. The minimum absolute atomic E-state index is 1.08. The van der Waals surface area contributed by atoms with Gasteiger partial charge in [-0.15, -0.1) is 11.8 Å². The zero-order valence-corrected chi connectivity index (χ0v) is 13.3. The van der Waals surface area contributed by atoms with Crippen molar-refractivity contribution in [3.8, 4) is 11.3 Å². The van der Waals surface area contributed by atoms with Crippen LogP contribution in [-0.2, 0) is 0 Å². The lowest BCUT2D eigenvalue weighted by Crippen LogP contribution is -2.14. The summed E-state index contributed by atoms with van der Waals surface area (Å²) >= 11 is 1.93. The fourth-order valence-corrected chi connectivity index (χ4v) is 3.71. The monoisotopic (exact) mass is 296 g/mol. The van der Waals surface area contributed by atoms with Crippen LogP contribution in [0.25, 0.3) is 22.2 Å². The summed E-state index contributed by atoms with van der Waals surface area (Å²) in [4.78, 5) is 7.17. The SMILES string of the molecule is CN(C)CCSc1c(-c2ccccc2)[nH]c2ccccc12. The molecule has 1 aromatic heterocycles. The number of nitrogens with zero attached hydrogens (tertiary/aromatic N) is 1. The second-order valence-corrected chi connectivity index (χ2v) is 6.50. The first-order valence-electron chi connectivity index (χ1n) is 7.19. The second-order valence-electron chi connectivity index (χ2n) is 5.39. The molecule has 0 saturated heterocycles. The molecule has 1 N–H and O–H groups in total. The van der Waals surface area contributed by atoms with Crippen molar-refractivity contribution < 1.29 is 0 Å². The Hall–Kier alpha value is -1.71. The molecule has 0 saturated carbocycles. The average molecular weight is 296 g/mol. The number of H-pyrrole nitrogens is 1. The standard InChI is InChI=1S/C18H20N2S/c1-20(2)12-13-21-18-15-10-6-7-11-16(15)19-17(18)14-8-4-3-5-9-14/h3-11,19H,12-13H2,1-2H3. The molecule has 0 unspecified atom stereocenters. The third-order valence-electron chi connectivity index (χ3n) is 3.51. The number of nitrogens with one attached hydrogen (secondary N) is 1. The minimum Gasteiger partial charge on any atom is -0.354 e. The van der Waals surface area contributed by atoms with Crippen molar-refractivity contribution in [1.29, 1.82) is 0 Å². The van der Waals surface area contributed by atoms with Gasteiger partial charge in [0.05, 0.1) is 5.69 Å². The van der Waals surface area contributed by atoms with Crippen LogP contribution in [-0.4, -0.2) is 36.3 Å². The Kier molecular flexibility index (Phi) is 4.32. The summed E-state index contributed by atoms with van der Waals surface area (Å²) in [5, 5.41) is 1.32. The van der Waals surface area contributed by atoms with Crippen LogP contribution in [0.4, 0.5) is 0 Å². The van der Waals surface area contributed by atoms with E-state index >= 15 is 0 Å². The molecule has 0 aliphatic heterocycles. The van der Waals surface area contributed by atoms with Crippen molar-refractivity contribution >= 4 is 22.7 Å². The smallest absolute Gasteiger partial charge is 0.0603 e. The van der Waals surface area contributed by atoms with Gasteiger partial charge in [0.2, 0.25) is 0 Å². The van der Waals surface area contributed by atoms with Crippen LogP contribution in [0.15, 0.2) is 59.5 Å². The molecule has 0 atom stereocenters. The molecular formula is C18H20N2S. The fourth-order valence-electron chi connectivity index (χ4n) is 2.40. The van der Waals surface area contributed by atoms with E-state index in [1.54, 1.807) is 0 Å². The summed E-state index contributed by atoms with van der Waals surface area (Å²) in [6, 6.07) is 19.1. The number of aromatic amines is 1. The van der Waals surface area contributed by atoms with Crippen LogP contribution >= 0.6 is 11.8 Å². The number of rotatable bonds is 5. The van der Waals surface area contributed by atoms with Crippen molar-refractivity contribution in [2.75, 3.05) is 26.4 Å². The first-order chi connectivity index (χ1) is 10.3. The molecule has 0 amide bonds. The van der Waals surface area contributed by atoms with Crippen molar-refractivity contribution in [2.24, 2.45) is 0 Å². The molecule has 1 heterocycles. The molecule has 21 heavy (non-hydrogen) atoms. The molecule has 0 fully saturated rings. The Bertz CT molecular complexity index is 716. The van der Waals surface area contributed by atoms with Gasteiger partial charge in [0.1, 0.15) is 0 Å². The van der Waals surface area contributed by atoms with Gasteiger partial charge in [0, 0.05) is 28.1 Å². The average Bonchev–Trinajstić information content (AvgIpc) is 2.87. The highest BCUT2D eigenvalue weighted by molar-refractivity contribution is 7.99. The molecule has 108 valence electrons. The summed E-state index contributed by atoms with van der Waals surface area (Å²) in [5.74, 6) is 1.09. The number of fused-ring (bicyclic) bond motifs is 1. The van der Waals surface area contributed by atoms with Crippen LogP contribution in [0.1, 0.15) is 0 Å². The summed E-state index contributed by atoms with van der Waals surface area (Å²) in [6.45, 7) is 1.08. The van der Waals surface area contributed by atoms with Crippen LogP contribution in [0, 0.1) is 0 Å². The van der Waals surface area contributed by atoms with Gasteiger partial charge in [-0.3, -0.25) is 0 Å². The summed E-state index contributed by atoms with van der Waals surface area (Å²) < 4.78 is 0. The van der Waals surface area contributed by atoms with E-state index in [2.05, 4.69) is 78.6 Å². The molecule has 0 aliphatic carbocycles. The van der Waals surface area contributed by atoms with Crippen molar-refractivity contribution in [3.63, 3.8) is 0 Å². The summed E-state index contributed by atoms with van der Waals surface area (Å²) in [7, 11) is 4.24. The molecule has 3 rings (SSSR count). The van der Waals surface area contributed by atoms with E-state index in [4.69, 9.17) is 0 Å². The Labute approximate surface area is 130 Å². The van der Waals surface area contributed by atoms with Gasteiger partial charge in [0.25, 0.3) is 0 Å². The minimum atomic E-state index is 1.08. The molecular weight excluding hydrogens is 276 g/mol. The Morgan fingerprint density at radius 2 is 1.67 bits per heavy atom. The predicted octanol–water partition coefficient (Wildman–Crippen LogP) is 4.49. The fraction of sp³-hybridized carbons (Fsp3) is 0.222.